The van der Waals surface area contributed by atoms with E-state index in [0.717, 1.165) is 38.3 Å². The average molecular weight is 347 g/mol. The number of carboxylic acid groups (broad SMARTS) is 1. The summed E-state index contributed by atoms with van der Waals surface area (Å²) < 4.78 is 0. The summed E-state index contributed by atoms with van der Waals surface area (Å²) in [6.07, 6.45) is 3.97. The first-order valence-corrected chi connectivity index (χ1v) is 8.76. The van der Waals surface area contributed by atoms with Crippen molar-refractivity contribution in [2.75, 3.05) is 36.4 Å². The average Bonchev–Trinajstić information content (AvgIpc) is 2.96. The van der Waals surface area contributed by atoms with Crippen molar-refractivity contribution in [2.45, 2.75) is 39.2 Å². The van der Waals surface area contributed by atoms with Gasteiger partial charge in [-0.15, -0.1) is 0 Å². The minimum atomic E-state index is -0.906. The molecule has 0 bridgehead atoms. The summed E-state index contributed by atoms with van der Waals surface area (Å²) in [5.74, 6) is 0.441. The number of hydrogen-bond acceptors (Lipinski definition) is 6. The molecule has 2 aliphatic heterocycles. The standard InChI is InChI=1S/C17H25N5O3/c1-3-18-14-4-7-19-16(20-14)21-8-5-17(6-9-21)10-13(15(24)25)22(11-17)12(2)23/h4,7,13H,3,5-6,8-11H2,1-2H3,(H,24,25)(H,18,19,20). The van der Waals surface area contributed by atoms with Crippen LogP contribution in [0.25, 0.3) is 0 Å². The molecule has 1 spiro atoms. The second-order valence-corrected chi connectivity index (χ2v) is 6.96. The predicted octanol–water partition coefficient (Wildman–Crippen LogP) is 1.20. The summed E-state index contributed by atoms with van der Waals surface area (Å²) in [4.78, 5) is 35.8. The summed E-state index contributed by atoms with van der Waals surface area (Å²) in [7, 11) is 0. The lowest BCUT2D eigenvalue weighted by atomic mass is 9.76. The molecule has 2 saturated heterocycles. The van der Waals surface area contributed by atoms with Crippen LogP contribution in [0.2, 0.25) is 0 Å². The maximum Gasteiger partial charge on any atom is 0.326 e. The van der Waals surface area contributed by atoms with Crippen LogP contribution in [-0.4, -0.2) is 64.1 Å². The van der Waals surface area contributed by atoms with Crippen LogP contribution in [-0.2, 0) is 9.59 Å². The summed E-state index contributed by atoms with van der Waals surface area (Å²) in [6, 6.07) is 1.15. The fourth-order valence-electron chi connectivity index (χ4n) is 3.93. The van der Waals surface area contributed by atoms with Crippen LogP contribution < -0.4 is 10.2 Å². The molecular weight excluding hydrogens is 322 g/mol. The molecule has 0 aromatic carbocycles. The quantitative estimate of drug-likeness (QED) is 0.844. The molecule has 0 radical (unpaired) electrons. The van der Waals surface area contributed by atoms with Gasteiger partial charge in [-0.2, -0.15) is 4.98 Å². The molecule has 8 heteroatoms. The number of hydrogen-bond donors (Lipinski definition) is 2. The zero-order valence-electron chi connectivity index (χ0n) is 14.7. The first-order valence-electron chi connectivity index (χ1n) is 8.76. The van der Waals surface area contributed by atoms with E-state index in [1.54, 1.807) is 6.20 Å². The highest BCUT2D eigenvalue weighted by atomic mass is 16.4. The highest BCUT2D eigenvalue weighted by molar-refractivity contribution is 5.83. The maximum atomic E-state index is 11.8. The van der Waals surface area contributed by atoms with Crippen LogP contribution in [0.1, 0.15) is 33.1 Å². The molecule has 1 aromatic rings. The van der Waals surface area contributed by atoms with Crippen LogP contribution in [0.5, 0.6) is 0 Å². The van der Waals surface area contributed by atoms with Gasteiger partial charge in [0.1, 0.15) is 11.9 Å². The number of rotatable bonds is 4. The minimum absolute atomic E-state index is 0.107. The lowest BCUT2D eigenvalue weighted by Gasteiger charge is -2.39. The summed E-state index contributed by atoms with van der Waals surface area (Å²) in [5, 5.41) is 12.6. The Morgan fingerprint density at radius 2 is 2.12 bits per heavy atom. The molecule has 0 aliphatic carbocycles. The normalized spacial score (nSPS) is 22.2. The first kappa shape index (κ1) is 17.4. The monoisotopic (exact) mass is 347 g/mol. The third-order valence-corrected chi connectivity index (χ3v) is 5.31. The van der Waals surface area contributed by atoms with Gasteiger partial charge in [0.2, 0.25) is 11.9 Å². The van der Waals surface area contributed by atoms with E-state index in [0.29, 0.717) is 18.9 Å². The SMILES string of the molecule is CCNc1ccnc(N2CCC3(CC2)CC(C(=O)O)N(C(C)=O)C3)n1. The van der Waals surface area contributed by atoms with Crippen LogP contribution in [0.15, 0.2) is 12.3 Å². The van der Waals surface area contributed by atoms with E-state index < -0.39 is 12.0 Å². The number of likely N-dealkylation sites (tertiary alicyclic amines) is 1. The number of carboxylic acids is 1. The lowest BCUT2D eigenvalue weighted by molar-refractivity contribution is -0.147. The fraction of sp³-hybridized carbons (Fsp3) is 0.647. The van der Waals surface area contributed by atoms with E-state index >= 15 is 0 Å². The number of nitrogens with zero attached hydrogens (tertiary/aromatic N) is 4. The van der Waals surface area contributed by atoms with Crippen LogP contribution in [0.3, 0.4) is 0 Å². The first-order chi connectivity index (χ1) is 11.9. The van der Waals surface area contributed by atoms with Gasteiger partial charge in [-0.1, -0.05) is 0 Å². The Balaban J connectivity index is 1.68. The molecular formula is C17H25N5O3. The van der Waals surface area contributed by atoms with Gasteiger partial charge in [0.05, 0.1) is 0 Å². The number of nitrogens with one attached hydrogen (secondary N) is 1. The lowest BCUT2D eigenvalue weighted by Crippen LogP contribution is -2.43. The number of anilines is 2. The fourth-order valence-corrected chi connectivity index (χ4v) is 3.93. The van der Waals surface area contributed by atoms with Gasteiger partial charge in [0.25, 0.3) is 0 Å². The topological polar surface area (TPSA) is 98.7 Å². The van der Waals surface area contributed by atoms with Crippen LogP contribution >= 0.6 is 0 Å². The highest BCUT2D eigenvalue weighted by Gasteiger charge is 2.49. The Hall–Kier alpha value is -2.38. The molecule has 1 aromatic heterocycles. The van der Waals surface area contributed by atoms with Crippen molar-refractivity contribution < 1.29 is 14.7 Å². The van der Waals surface area contributed by atoms with E-state index in [1.807, 2.05) is 13.0 Å². The Morgan fingerprint density at radius 3 is 2.68 bits per heavy atom. The van der Waals surface area contributed by atoms with Crippen molar-refractivity contribution in [3.05, 3.63) is 12.3 Å². The number of amides is 1. The Labute approximate surface area is 147 Å². The van der Waals surface area contributed by atoms with Crippen molar-refractivity contribution in [3.63, 3.8) is 0 Å². The number of aliphatic carboxylic acids is 1. The highest BCUT2D eigenvalue weighted by Crippen LogP contribution is 2.43. The molecule has 25 heavy (non-hydrogen) atoms. The molecule has 1 unspecified atom stereocenters. The van der Waals surface area contributed by atoms with Gasteiger partial charge in [0, 0.05) is 39.3 Å². The number of carbonyl (C=O) groups is 2. The van der Waals surface area contributed by atoms with Crippen molar-refractivity contribution in [1.29, 1.82) is 0 Å². The van der Waals surface area contributed by atoms with Gasteiger partial charge in [-0.25, -0.2) is 9.78 Å². The molecule has 0 saturated carbocycles. The Bertz CT molecular complexity index is 633. The zero-order chi connectivity index (χ0) is 18.0. The number of carbonyl (C=O) groups excluding carboxylic acids is 1. The molecule has 1 atom stereocenters. The van der Waals surface area contributed by atoms with Gasteiger partial charge < -0.3 is 20.2 Å². The van der Waals surface area contributed by atoms with Crippen LogP contribution in [0.4, 0.5) is 11.8 Å². The van der Waals surface area contributed by atoms with E-state index in [1.165, 1.54) is 11.8 Å². The largest absolute Gasteiger partial charge is 0.480 e. The van der Waals surface area contributed by atoms with Crippen molar-refractivity contribution in [2.24, 2.45) is 5.41 Å². The molecule has 2 fully saturated rings. The van der Waals surface area contributed by atoms with Gasteiger partial charge in [0.15, 0.2) is 0 Å². The minimum Gasteiger partial charge on any atom is -0.480 e. The van der Waals surface area contributed by atoms with Gasteiger partial charge >= 0.3 is 5.97 Å². The third kappa shape index (κ3) is 3.52. The summed E-state index contributed by atoms with van der Waals surface area (Å²) >= 11 is 0. The second-order valence-electron chi connectivity index (χ2n) is 6.96. The van der Waals surface area contributed by atoms with Crippen molar-refractivity contribution in [3.8, 4) is 0 Å². The smallest absolute Gasteiger partial charge is 0.326 e. The number of aromatic nitrogens is 2. The second kappa shape index (κ2) is 6.85. The molecule has 136 valence electrons. The molecule has 2 N–H and O–H groups in total. The Morgan fingerprint density at radius 1 is 1.40 bits per heavy atom. The Kier molecular flexibility index (Phi) is 4.78. The molecule has 8 nitrogen and oxygen atoms in total. The third-order valence-electron chi connectivity index (χ3n) is 5.31. The molecule has 3 rings (SSSR count). The maximum absolute atomic E-state index is 11.8. The van der Waals surface area contributed by atoms with E-state index in [-0.39, 0.29) is 11.3 Å². The van der Waals surface area contributed by atoms with E-state index in [9.17, 15) is 14.7 Å². The van der Waals surface area contributed by atoms with Gasteiger partial charge in [-0.05, 0) is 37.7 Å². The zero-order valence-corrected chi connectivity index (χ0v) is 14.7. The molecule has 2 aliphatic rings. The van der Waals surface area contributed by atoms with Gasteiger partial charge in [-0.3, -0.25) is 4.79 Å². The predicted molar refractivity (Wildman–Crippen MR) is 93.5 cm³/mol. The van der Waals surface area contributed by atoms with Crippen molar-refractivity contribution >= 4 is 23.6 Å². The van der Waals surface area contributed by atoms with Crippen LogP contribution in [0, 0.1) is 5.41 Å². The molecule has 3 heterocycles. The van der Waals surface area contributed by atoms with Crippen molar-refractivity contribution in [1.82, 2.24) is 14.9 Å². The summed E-state index contributed by atoms with van der Waals surface area (Å²) in [5.41, 5.74) is -0.107. The van der Waals surface area contributed by atoms with E-state index in [4.69, 9.17) is 0 Å². The number of piperidine rings is 1. The summed E-state index contributed by atoms with van der Waals surface area (Å²) in [6.45, 7) is 6.35. The molecule has 1 amide bonds. The van der Waals surface area contributed by atoms with E-state index in [2.05, 4.69) is 20.2 Å².